The van der Waals surface area contributed by atoms with E-state index in [-0.39, 0.29) is 0 Å². The fourth-order valence-electron chi connectivity index (χ4n) is 0.636. The highest BCUT2D eigenvalue weighted by Crippen LogP contribution is 1.88. The quantitative estimate of drug-likeness (QED) is 0.387. The lowest BCUT2D eigenvalue weighted by molar-refractivity contribution is -0.131. The van der Waals surface area contributed by atoms with Crippen LogP contribution in [0.4, 0.5) is 0 Å². The van der Waals surface area contributed by atoms with Gasteiger partial charge in [-0.25, -0.2) is 4.79 Å². The van der Waals surface area contributed by atoms with Crippen LogP contribution in [0.2, 0.25) is 0 Å². The maximum Gasteiger partial charge on any atom is 0.328 e. The highest BCUT2D eigenvalue weighted by atomic mass is 16.4. The Hall–Kier alpha value is -1.31. The van der Waals surface area contributed by atoms with E-state index in [2.05, 4.69) is 13.0 Å². The number of aliphatic carboxylic acids is 1. The predicted molar refractivity (Wildman–Crippen MR) is 50.0 cm³/mol. The van der Waals surface area contributed by atoms with E-state index in [1.807, 2.05) is 12.2 Å². The first-order valence-corrected chi connectivity index (χ1v) is 3.98. The van der Waals surface area contributed by atoms with Gasteiger partial charge in [0.2, 0.25) is 0 Å². The van der Waals surface area contributed by atoms with E-state index in [0.29, 0.717) is 0 Å². The summed E-state index contributed by atoms with van der Waals surface area (Å²) in [4.78, 5) is 10.00. The molecule has 0 heterocycles. The summed E-state index contributed by atoms with van der Waals surface area (Å²) < 4.78 is 0. The lowest BCUT2D eigenvalue weighted by atomic mass is 10.3. The van der Waals surface area contributed by atoms with Crippen LogP contribution < -0.4 is 0 Å². The molecule has 0 radical (unpaired) electrons. The Morgan fingerprint density at radius 2 is 2.00 bits per heavy atom. The smallest absolute Gasteiger partial charge is 0.328 e. The van der Waals surface area contributed by atoms with Crippen LogP contribution in [0.5, 0.6) is 0 Å². The minimum absolute atomic E-state index is 0.859. The van der Waals surface area contributed by atoms with Gasteiger partial charge in [-0.05, 0) is 12.8 Å². The van der Waals surface area contributed by atoms with Crippen molar-refractivity contribution in [3.05, 3.63) is 36.5 Å². The number of carboxylic acid groups (broad SMARTS) is 1. The van der Waals surface area contributed by atoms with Crippen molar-refractivity contribution < 1.29 is 9.90 Å². The second-order valence-electron chi connectivity index (χ2n) is 2.24. The molecule has 0 bridgehead atoms. The standard InChI is InChI=1S/C10H14O2/c1-2-3-4-5-6-7-8-9-10(11)12/h3-4,6-9H,2,5H2,1H3,(H,11,12). The fraction of sp³-hybridized carbons (Fsp3) is 0.300. The minimum atomic E-state index is -0.913. The molecule has 0 unspecified atom stereocenters. The van der Waals surface area contributed by atoms with E-state index in [0.717, 1.165) is 18.9 Å². The Labute approximate surface area is 72.9 Å². The molecule has 0 fully saturated rings. The van der Waals surface area contributed by atoms with Gasteiger partial charge in [0.05, 0.1) is 0 Å². The molecule has 2 nitrogen and oxygen atoms in total. The van der Waals surface area contributed by atoms with Gasteiger partial charge < -0.3 is 5.11 Å². The third-order valence-electron chi connectivity index (χ3n) is 1.16. The first-order chi connectivity index (χ1) is 5.77. The third kappa shape index (κ3) is 8.69. The van der Waals surface area contributed by atoms with Crippen molar-refractivity contribution in [2.24, 2.45) is 0 Å². The van der Waals surface area contributed by atoms with Gasteiger partial charge in [0.15, 0.2) is 0 Å². The summed E-state index contributed by atoms with van der Waals surface area (Å²) in [6.07, 6.45) is 12.3. The fourth-order valence-corrected chi connectivity index (χ4v) is 0.636. The molecule has 0 amide bonds. The molecule has 1 N–H and O–H groups in total. The number of carboxylic acids is 1. The van der Waals surface area contributed by atoms with Gasteiger partial charge in [0.1, 0.15) is 0 Å². The van der Waals surface area contributed by atoms with E-state index in [1.165, 1.54) is 6.08 Å². The molecule has 0 saturated carbocycles. The summed E-state index contributed by atoms with van der Waals surface area (Å²) in [5.41, 5.74) is 0. The van der Waals surface area contributed by atoms with Crippen molar-refractivity contribution in [3.8, 4) is 0 Å². The van der Waals surface area contributed by atoms with E-state index < -0.39 is 5.97 Å². The van der Waals surface area contributed by atoms with Crippen LogP contribution in [0.25, 0.3) is 0 Å². The summed E-state index contributed by atoms with van der Waals surface area (Å²) in [7, 11) is 0. The molecule has 0 aliphatic heterocycles. The molecule has 2 heteroatoms. The molecule has 0 aromatic rings. The average molecular weight is 166 g/mol. The first kappa shape index (κ1) is 10.7. The van der Waals surface area contributed by atoms with Crippen molar-refractivity contribution >= 4 is 5.97 Å². The predicted octanol–water partition coefficient (Wildman–Crippen LogP) is 2.54. The lowest BCUT2D eigenvalue weighted by Gasteiger charge is -1.79. The van der Waals surface area contributed by atoms with Crippen LogP contribution >= 0.6 is 0 Å². The Kier molecular flexibility index (Phi) is 6.94. The van der Waals surface area contributed by atoms with E-state index in [4.69, 9.17) is 5.11 Å². The summed E-state index contributed by atoms with van der Waals surface area (Å²) in [6.45, 7) is 2.07. The zero-order valence-corrected chi connectivity index (χ0v) is 7.23. The van der Waals surface area contributed by atoms with Crippen molar-refractivity contribution in [2.45, 2.75) is 19.8 Å². The summed E-state index contributed by atoms with van der Waals surface area (Å²) in [6, 6.07) is 0. The summed E-state index contributed by atoms with van der Waals surface area (Å²) in [5.74, 6) is -0.913. The molecular formula is C10H14O2. The molecule has 0 atom stereocenters. The molecule has 0 rings (SSSR count). The second kappa shape index (κ2) is 7.79. The monoisotopic (exact) mass is 166 g/mol. The van der Waals surface area contributed by atoms with Crippen LogP contribution in [0, 0.1) is 0 Å². The Morgan fingerprint density at radius 3 is 2.58 bits per heavy atom. The van der Waals surface area contributed by atoms with Gasteiger partial charge >= 0.3 is 5.97 Å². The normalized spacial score (nSPS) is 12.1. The number of hydrogen-bond donors (Lipinski definition) is 1. The number of hydrogen-bond acceptors (Lipinski definition) is 1. The summed E-state index contributed by atoms with van der Waals surface area (Å²) >= 11 is 0. The Bertz CT molecular complexity index is 200. The zero-order valence-electron chi connectivity index (χ0n) is 7.23. The van der Waals surface area contributed by atoms with Crippen molar-refractivity contribution in [1.82, 2.24) is 0 Å². The molecule has 0 saturated heterocycles. The van der Waals surface area contributed by atoms with E-state index in [9.17, 15) is 4.79 Å². The van der Waals surface area contributed by atoms with Crippen molar-refractivity contribution in [1.29, 1.82) is 0 Å². The molecule has 0 spiro atoms. The van der Waals surface area contributed by atoms with Crippen LogP contribution in [0.3, 0.4) is 0 Å². The Morgan fingerprint density at radius 1 is 1.25 bits per heavy atom. The second-order valence-corrected chi connectivity index (χ2v) is 2.24. The van der Waals surface area contributed by atoms with Crippen LogP contribution in [-0.4, -0.2) is 11.1 Å². The summed E-state index contributed by atoms with van der Waals surface area (Å²) in [5, 5.41) is 8.22. The van der Waals surface area contributed by atoms with Gasteiger partial charge in [-0.2, -0.15) is 0 Å². The molecule has 0 aromatic carbocycles. The van der Waals surface area contributed by atoms with Crippen molar-refractivity contribution in [3.63, 3.8) is 0 Å². The van der Waals surface area contributed by atoms with E-state index >= 15 is 0 Å². The molecule has 12 heavy (non-hydrogen) atoms. The number of carbonyl (C=O) groups is 1. The van der Waals surface area contributed by atoms with Crippen LogP contribution in [0.15, 0.2) is 36.5 Å². The van der Waals surface area contributed by atoms with Gasteiger partial charge in [0, 0.05) is 6.08 Å². The Balaban J connectivity index is 3.50. The molecule has 0 aliphatic carbocycles. The largest absolute Gasteiger partial charge is 0.478 e. The van der Waals surface area contributed by atoms with Gasteiger partial charge in [-0.1, -0.05) is 37.3 Å². The maximum absolute atomic E-state index is 10.00. The van der Waals surface area contributed by atoms with Gasteiger partial charge in [-0.3, -0.25) is 0 Å². The maximum atomic E-state index is 10.00. The SMILES string of the molecule is CCC=CCC=CC=CC(=O)O. The number of rotatable bonds is 5. The highest BCUT2D eigenvalue weighted by Gasteiger charge is 1.79. The molecule has 0 aromatic heterocycles. The van der Waals surface area contributed by atoms with Crippen molar-refractivity contribution in [2.75, 3.05) is 0 Å². The average Bonchev–Trinajstić information content (AvgIpc) is 2.02. The first-order valence-electron chi connectivity index (χ1n) is 3.98. The minimum Gasteiger partial charge on any atom is -0.478 e. The topological polar surface area (TPSA) is 37.3 Å². The molecule has 0 aliphatic rings. The highest BCUT2D eigenvalue weighted by molar-refractivity contribution is 5.80. The molecule has 66 valence electrons. The van der Waals surface area contributed by atoms with Gasteiger partial charge in [-0.15, -0.1) is 0 Å². The van der Waals surface area contributed by atoms with Gasteiger partial charge in [0.25, 0.3) is 0 Å². The zero-order chi connectivity index (χ0) is 9.23. The molecular weight excluding hydrogens is 152 g/mol. The third-order valence-corrected chi connectivity index (χ3v) is 1.16. The van der Waals surface area contributed by atoms with Crippen LogP contribution in [0.1, 0.15) is 19.8 Å². The lowest BCUT2D eigenvalue weighted by Crippen LogP contribution is -1.84. The number of allylic oxidation sites excluding steroid dienone is 5. The van der Waals surface area contributed by atoms with E-state index in [1.54, 1.807) is 6.08 Å². The van der Waals surface area contributed by atoms with Crippen LogP contribution in [-0.2, 0) is 4.79 Å².